The quantitative estimate of drug-likeness (QED) is 0.166. The van der Waals surface area contributed by atoms with Gasteiger partial charge in [0.15, 0.2) is 0 Å². The Balaban J connectivity index is 1.35. The first-order valence-corrected chi connectivity index (χ1v) is 22.6. The highest BCUT2D eigenvalue weighted by Gasteiger charge is 2.57. The van der Waals surface area contributed by atoms with Crippen LogP contribution in [0.25, 0.3) is 16.8 Å². The monoisotopic (exact) mass is 824 g/mol. The highest BCUT2D eigenvalue weighted by molar-refractivity contribution is 6.00. The van der Waals surface area contributed by atoms with Gasteiger partial charge < -0.3 is 14.5 Å². The summed E-state index contributed by atoms with van der Waals surface area (Å²) in [7, 11) is 2.23. The molecule has 1 aliphatic carbocycles. The van der Waals surface area contributed by atoms with E-state index in [1.807, 2.05) is 16.9 Å². The Morgan fingerprint density at radius 3 is 1.68 bits per heavy atom. The molecule has 0 fully saturated rings. The Kier molecular flexibility index (Phi) is 9.15. The Morgan fingerprint density at radius 2 is 1.11 bits per heavy atom. The predicted molar refractivity (Wildman–Crippen MR) is 258 cm³/mol. The van der Waals surface area contributed by atoms with E-state index in [0.717, 1.165) is 23.9 Å². The van der Waals surface area contributed by atoms with Crippen LogP contribution >= 0.6 is 0 Å². The van der Waals surface area contributed by atoms with Gasteiger partial charge in [0.1, 0.15) is 11.5 Å². The number of ether oxygens (including phenoxy) is 1. The summed E-state index contributed by atoms with van der Waals surface area (Å²) in [5, 5.41) is 4.70. The molecule has 2 aliphatic heterocycles. The molecule has 1 aromatic heterocycles. The van der Waals surface area contributed by atoms with Crippen LogP contribution in [0, 0.1) is 0 Å². The number of nitrogens with zero attached hydrogens (tertiary/aromatic N) is 4. The van der Waals surface area contributed by atoms with Crippen molar-refractivity contribution in [2.45, 2.75) is 136 Å². The fourth-order valence-electron chi connectivity index (χ4n) is 10.3. The van der Waals surface area contributed by atoms with Crippen molar-refractivity contribution in [1.82, 2.24) is 5.10 Å². The average molecular weight is 824 g/mol. The minimum atomic E-state index is -0.593. The van der Waals surface area contributed by atoms with Gasteiger partial charge in [0, 0.05) is 24.7 Å². The SMILES string of the molecule is CN1CN2c3cc(Oc4cccc(-[n+]5cc(C(C)(C)C)ccn5)c4)ccc3C3(c4cccc1c42)c1c(cc(C(C)(C)C)cc1C(C)(C)C)-c1cc(C(C)(C)C)cc(C(C)(C)C)c13. The number of hydrogen-bond donors (Lipinski definition) is 0. The molecular formula is C57H67N4O+. The molecule has 5 nitrogen and oxygen atoms in total. The van der Waals surface area contributed by atoms with Gasteiger partial charge in [-0.3, -0.25) is 0 Å². The normalized spacial score (nSPS) is 15.4. The van der Waals surface area contributed by atoms with Gasteiger partial charge >= 0.3 is 0 Å². The second-order valence-electron chi connectivity index (χ2n) is 23.5. The molecular weight excluding hydrogens is 757 g/mol. The number of fused-ring (bicyclic) bond motifs is 9. The van der Waals surface area contributed by atoms with Crippen molar-refractivity contribution in [3.63, 3.8) is 0 Å². The molecule has 0 amide bonds. The Morgan fingerprint density at radius 1 is 0.548 bits per heavy atom. The van der Waals surface area contributed by atoms with Crippen molar-refractivity contribution in [2.24, 2.45) is 0 Å². The topological polar surface area (TPSA) is 32.5 Å². The summed E-state index contributed by atoms with van der Waals surface area (Å²) in [5.74, 6) is 1.58. The maximum absolute atomic E-state index is 6.90. The lowest BCUT2D eigenvalue weighted by atomic mass is 9.59. The second-order valence-corrected chi connectivity index (χ2v) is 23.5. The molecule has 0 radical (unpaired) electrons. The predicted octanol–water partition coefficient (Wildman–Crippen LogP) is 13.9. The maximum atomic E-state index is 6.90. The fraction of sp³-hybridized carbons (Fsp3) is 0.404. The summed E-state index contributed by atoms with van der Waals surface area (Å²) >= 11 is 0. The molecule has 62 heavy (non-hydrogen) atoms. The van der Waals surface area contributed by atoms with Crippen LogP contribution < -0.4 is 19.2 Å². The third-order valence-corrected chi connectivity index (χ3v) is 13.7. The van der Waals surface area contributed by atoms with E-state index in [1.54, 1.807) is 0 Å². The van der Waals surface area contributed by atoms with Gasteiger partial charge in [-0.05, 0) is 112 Å². The highest BCUT2D eigenvalue weighted by Crippen LogP contribution is 2.68. The number of rotatable bonds is 3. The lowest BCUT2D eigenvalue weighted by molar-refractivity contribution is -0.660. The standard InChI is InChI=1S/C57H67N4O/c1-52(2,3)35-25-26-58-61(33-35)38-19-17-20-39(31-38)62-40-23-24-43-48(32-40)60-34-59(16)47-22-18-21-44(51(47)60)57(43)49-41(27-36(53(4,5)6)29-45(49)55(10,11)12)42-28-37(54(7,8)9)30-46(50(42)57)56(13,14)15/h17-33H,34H2,1-16H3/q+1. The van der Waals surface area contributed by atoms with Gasteiger partial charge in [-0.15, -0.1) is 0 Å². The molecule has 9 rings (SSSR count). The molecule has 5 heteroatoms. The molecule has 0 saturated carbocycles. The van der Waals surface area contributed by atoms with Crippen molar-refractivity contribution in [1.29, 1.82) is 0 Å². The van der Waals surface area contributed by atoms with Crippen LogP contribution in [0.4, 0.5) is 17.1 Å². The maximum Gasteiger partial charge on any atom is 0.241 e. The van der Waals surface area contributed by atoms with Crippen LogP contribution in [0.15, 0.2) is 103 Å². The van der Waals surface area contributed by atoms with E-state index in [2.05, 4.69) is 212 Å². The van der Waals surface area contributed by atoms with E-state index >= 15 is 0 Å². The molecule has 0 bridgehead atoms. The van der Waals surface area contributed by atoms with Crippen LogP contribution in [0.1, 0.15) is 154 Å². The summed E-state index contributed by atoms with van der Waals surface area (Å²) in [4.78, 5) is 4.95. The minimum absolute atomic E-state index is 0.00676. The molecule has 3 heterocycles. The molecule has 0 unspecified atom stereocenters. The third kappa shape index (κ3) is 6.47. The van der Waals surface area contributed by atoms with Gasteiger partial charge in [-0.25, -0.2) is 0 Å². The van der Waals surface area contributed by atoms with E-state index in [1.165, 1.54) is 78.3 Å². The van der Waals surface area contributed by atoms with E-state index in [0.29, 0.717) is 0 Å². The van der Waals surface area contributed by atoms with E-state index in [4.69, 9.17) is 9.84 Å². The zero-order chi connectivity index (χ0) is 44.7. The summed E-state index contributed by atoms with van der Waals surface area (Å²) < 4.78 is 8.85. The van der Waals surface area contributed by atoms with E-state index < -0.39 is 5.41 Å². The molecule has 320 valence electrons. The van der Waals surface area contributed by atoms with Crippen molar-refractivity contribution in [3.8, 4) is 28.3 Å². The van der Waals surface area contributed by atoms with Gasteiger partial charge in [-0.2, -0.15) is 0 Å². The zero-order valence-corrected chi connectivity index (χ0v) is 40.2. The summed E-state index contributed by atoms with van der Waals surface area (Å²) in [6, 6.07) is 34.6. The lowest BCUT2D eigenvalue weighted by Gasteiger charge is -2.46. The van der Waals surface area contributed by atoms with Crippen molar-refractivity contribution in [3.05, 3.63) is 153 Å². The van der Waals surface area contributed by atoms with Gasteiger partial charge in [0.05, 0.1) is 41.4 Å². The van der Waals surface area contributed by atoms with Crippen molar-refractivity contribution in [2.75, 3.05) is 23.5 Å². The van der Waals surface area contributed by atoms with Gasteiger partial charge in [0.2, 0.25) is 11.9 Å². The Labute approximate surface area is 371 Å². The summed E-state index contributed by atoms with van der Waals surface area (Å²) in [6.45, 7) is 36.1. The molecule has 0 N–H and O–H groups in total. The summed E-state index contributed by atoms with van der Waals surface area (Å²) in [5.41, 5.74) is 18.8. The number of anilines is 3. The largest absolute Gasteiger partial charge is 0.457 e. The molecule has 0 saturated heterocycles. The molecule has 1 spiro atoms. The van der Waals surface area contributed by atoms with Crippen LogP contribution in [0.2, 0.25) is 0 Å². The van der Waals surface area contributed by atoms with E-state index in [9.17, 15) is 0 Å². The highest BCUT2D eigenvalue weighted by atomic mass is 16.5. The van der Waals surface area contributed by atoms with Crippen LogP contribution in [0.3, 0.4) is 0 Å². The first-order chi connectivity index (χ1) is 28.8. The lowest BCUT2D eigenvalue weighted by Crippen LogP contribution is -2.40. The number of para-hydroxylation sites is 1. The molecule has 6 aromatic rings. The number of benzene rings is 5. The van der Waals surface area contributed by atoms with E-state index in [-0.39, 0.29) is 27.1 Å². The first-order valence-electron chi connectivity index (χ1n) is 22.6. The van der Waals surface area contributed by atoms with Crippen LogP contribution in [-0.4, -0.2) is 18.8 Å². The molecule has 0 atom stereocenters. The third-order valence-electron chi connectivity index (χ3n) is 13.7. The minimum Gasteiger partial charge on any atom is -0.457 e. The Bertz CT molecular complexity index is 2710. The van der Waals surface area contributed by atoms with Crippen molar-refractivity contribution < 1.29 is 9.42 Å². The van der Waals surface area contributed by atoms with Crippen molar-refractivity contribution >= 4 is 17.1 Å². The first kappa shape index (κ1) is 41.9. The average Bonchev–Trinajstić information content (AvgIpc) is 3.67. The zero-order valence-electron chi connectivity index (χ0n) is 40.2. The molecule has 3 aliphatic rings. The second kappa shape index (κ2) is 13.5. The Hall–Kier alpha value is -5.42. The number of hydrogen-bond acceptors (Lipinski definition) is 4. The van der Waals surface area contributed by atoms with Gasteiger partial charge in [0.25, 0.3) is 0 Å². The summed E-state index contributed by atoms with van der Waals surface area (Å²) in [6.07, 6.45) is 4.01. The van der Waals surface area contributed by atoms with Crippen LogP contribution in [0.5, 0.6) is 11.5 Å². The van der Waals surface area contributed by atoms with Crippen LogP contribution in [-0.2, 0) is 32.5 Å². The fourth-order valence-corrected chi connectivity index (χ4v) is 10.3. The van der Waals surface area contributed by atoms with Gasteiger partial charge in [-0.1, -0.05) is 157 Å². The number of aromatic nitrogens is 2. The molecule has 5 aromatic carbocycles. The smallest absolute Gasteiger partial charge is 0.241 e.